The molecule has 72 valence electrons. The minimum absolute atomic E-state index is 0.257. The lowest BCUT2D eigenvalue weighted by atomic mass is 10.3. The van der Waals surface area contributed by atoms with Gasteiger partial charge in [0, 0.05) is 7.11 Å². The SMILES string of the molecule is COC(C)Oc1cccc(Cl)c1I. The summed E-state index contributed by atoms with van der Waals surface area (Å²) in [4.78, 5) is 0. The summed E-state index contributed by atoms with van der Waals surface area (Å²) in [6.07, 6.45) is -0.257. The number of benzene rings is 1. The highest BCUT2D eigenvalue weighted by Gasteiger charge is 2.07. The van der Waals surface area contributed by atoms with Crippen LogP contribution < -0.4 is 4.74 Å². The predicted octanol–water partition coefficient (Wildman–Crippen LogP) is 3.32. The third-order valence-electron chi connectivity index (χ3n) is 1.54. The van der Waals surface area contributed by atoms with Crippen LogP contribution in [0.25, 0.3) is 0 Å². The van der Waals surface area contributed by atoms with Gasteiger partial charge in [-0.05, 0) is 41.6 Å². The zero-order valence-corrected chi connectivity index (χ0v) is 10.3. The van der Waals surface area contributed by atoms with Crippen LogP contribution in [-0.2, 0) is 4.74 Å². The van der Waals surface area contributed by atoms with E-state index in [0.717, 1.165) is 9.32 Å². The summed E-state index contributed by atoms with van der Waals surface area (Å²) in [5.74, 6) is 0.752. The van der Waals surface area contributed by atoms with Crippen LogP contribution in [-0.4, -0.2) is 13.4 Å². The molecule has 1 aromatic rings. The average molecular weight is 313 g/mol. The van der Waals surface area contributed by atoms with Crippen molar-refractivity contribution in [3.05, 3.63) is 26.8 Å². The normalized spacial score (nSPS) is 12.6. The molecule has 1 unspecified atom stereocenters. The summed E-state index contributed by atoms with van der Waals surface area (Å²) in [6, 6.07) is 5.54. The van der Waals surface area contributed by atoms with E-state index in [4.69, 9.17) is 21.1 Å². The molecule has 0 N–H and O–H groups in total. The molecule has 0 fully saturated rings. The van der Waals surface area contributed by atoms with Crippen LogP contribution in [0.4, 0.5) is 0 Å². The maximum atomic E-state index is 5.91. The fourth-order valence-electron chi connectivity index (χ4n) is 0.802. The number of halogens is 2. The Morgan fingerprint density at radius 3 is 2.77 bits per heavy atom. The first-order valence-corrected chi connectivity index (χ1v) is 5.24. The molecule has 2 nitrogen and oxygen atoms in total. The van der Waals surface area contributed by atoms with E-state index in [0.29, 0.717) is 5.02 Å². The van der Waals surface area contributed by atoms with Crippen molar-refractivity contribution < 1.29 is 9.47 Å². The van der Waals surface area contributed by atoms with Crippen molar-refractivity contribution in [2.75, 3.05) is 7.11 Å². The second-order valence-corrected chi connectivity index (χ2v) is 3.96. The minimum atomic E-state index is -0.257. The van der Waals surface area contributed by atoms with E-state index in [1.807, 2.05) is 25.1 Å². The summed E-state index contributed by atoms with van der Waals surface area (Å²) in [5, 5.41) is 0.696. The monoisotopic (exact) mass is 312 g/mol. The van der Waals surface area contributed by atoms with Gasteiger partial charge >= 0.3 is 0 Å². The van der Waals surface area contributed by atoms with Crippen molar-refractivity contribution in [3.8, 4) is 5.75 Å². The topological polar surface area (TPSA) is 18.5 Å². The summed E-state index contributed by atoms with van der Waals surface area (Å²) in [6.45, 7) is 1.83. The standard InChI is InChI=1S/C9H10ClIO2/c1-6(12-2)13-8-5-3-4-7(10)9(8)11/h3-6H,1-2H3. The van der Waals surface area contributed by atoms with Gasteiger partial charge in [-0.2, -0.15) is 0 Å². The van der Waals surface area contributed by atoms with Gasteiger partial charge in [0.15, 0.2) is 6.29 Å². The first kappa shape index (κ1) is 11.1. The van der Waals surface area contributed by atoms with Crippen molar-refractivity contribution in [3.63, 3.8) is 0 Å². The molecule has 0 aliphatic carbocycles. The fourth-order valence-corrected chi connectivity index (χ4v) is 1.45. The van der Waals surface area contributed by atoms with Gasteiger partial charge in [0.05, 0.1) is 8.59 Å². The van der Waals surface area contributed by atoms with Crippen LogP contribution in [0, 0.1) is 3.57 Å². The van der Waals surface area contributed by atoms with Crippen molar-refractivity contribution in [1.29, 1.82) is 0 Å². The van der Waals surface area contributed by atoms with Crippen LogP contribution in [0.1, 0.15) is 6.92 Å². The minimum Gasteiger partial charge on any atom is -0.464 e. The maximum absolute atomic E-state index is 5.91. The van der Waals surface area contributed by atoms with Crippen LogP contribution >= 0.6 is 34.2 Å². The van der Waals surface area contributed by atoms with E-state index >= 15 is 0 Å². The zero-order valence-electron chi connectivity index (χ0n) is 7.38. The van der Waals surface area contributed by atoms with E-state index in [2.05, 4.69) is 22.6 Å². The Labute approximate surface area is 96.3 Å². The van der Waals surface area contributed by atoms with Gasteiger partial charge < -0.3 is 9.47 Å². The lowest BCUT2D eigenvalue weighted by molar-refractivity contribution is -0.0387. The average Bonchev–Trinajstić information content (AvgIpc) is 2.13. The van der Waals surface area contributed by atoms with E-state index < -0.39 is 0 Å². The first-order valence-electron chi connectivity index (χ1n) is 3.78. The molecule has 0 amide bonds. The molecule has 0 saturated carbocycles. The van der Waals surface area contributed by atoms with Crippen LogP contribution in [0.15, 0.2) is 18.2 Å². The molecule has 1 atom stereocenters. The largest absolute Gasteiger partial charge is 0.464 e. The Kier molecular flexibility index (Phi) is 4.28. The molecule has 0 saturated heterocycles. The molecule has 13 heavy (non-hydrogen) atoms. The van der Waals surface area contributed by atoms with Crippen molar-refractivity contribution >= 4 is 34.2 Å². The van der Waals surface area contributed by atoms with Gasteiger partial charge in [0.1, 0.15) is 5.75 Å². The number of hydrogen-bond donors (Lipinski definition) is 0. The molecule has 0 radical (unpaired) electrons. The summed E-state index contributed by atoms with van der Waals surface area (Å²) in [7, 11) is 1.60. The smallest absolute Gasteiger partial charge is 0.196 e. The third-order valence-corrected chi connectivity index (χ3v) is 3.29. The van der Waals surface area contributed by atoms with Gasteiger partial charge in [-0.3, -0.25) is 0 Å². The van der Waals surface area contributed by atoms with E-state index in [-0.39, 0.29) is 6.29 Å². The van der Waals surface area contributed by atoms with Crippen molar-refractivity contribution in [1.82, 2.24) is 0 Å². The van der Waals surface area contributed by atoms with E-state index in [1.165, 1.54) is 0 Å². The van der Waals surface area contributed by atoms with Crippen LogP contribution in [0.5, 0.6) is 5.75 Å². The maximum Gasteiger partial charge on any atom is 0.196 e. The van der Waals surface area contributed by atoms with Gasteiger partial charge in [0.25, 0.3) is 0 Å². The Hall–Kier alpha value is -0.000000000000000111. The van der Waals surface area contributed by atoms with E-state index in [1.54, 1.807) is 7.11 Å². The third kappa shape index (κ3) is 3.00. The fraction of sp³-hybridized carbons (Fsp3) is 0.333. The highest BCUT2D eigenvalue weighted by atomic mass is 127. The molecule has 0 heterocycles. The summed E-state index contributed by atoms with van der Waals surface area (Å²) in [5.41, 5.74) is 0. The van der Waals surface area contributed by atoms with Gasteiger partial charge in [-0.25, -0.2) is 0 Å². The van der Waals surface area contributed by atoms with Crippen molar-refractivity contribution in [2.24, 2.45) is 0 Å². The molecular weight excluding hydrogens is 302 g/mol. The Morgan fingerprint density at radius 1 is 1.46 bits per heavy atom. The second-order valence-electron chi connectivity index (χ2n) is 2.47. The Balaban J connectivity index is 2.83. The van der Waals surface area contributed by atoms with Crippen molar-refractivity contribution in [2.45, 2.75) is 13.2 Å². The van der Waals surface area contributed by atoms with Crippen LogP contribution in [0.2, 0.25) is 5.02 Å². The number of ether oxygens (including phenoxy) is 2. The number of rotatable bonds is 3. The number of hydrogen-bond acceptors (Lipinski definition) is 2. The van der Waals surface area contributed by atoms with Gasteiger partial charge in [-0.15, -0.1) is 0 Å². The first-order chi connectivity index (χ1) is 6.15. The molecule has 0 aliphatic heterocycles. The predicted molar refractivity (Wildman–Crippen MR) is 61.3 cm³/mol. The van der Waals surface area contributed by atoms with E-state index in [9.17, 15) is 0 Å². The summed E-state index contributed by atoms with van der Waals surface area (Å²) < 4.78 is 11.3. The van der Waals surface area contributed by atoms with Crippen LogP contribution in [0.3, 0.4) is 0 Å². The summed E-state index contributed by atoms with van der Waals surface area (Å²) >= 11 is 8.05. The second kappa shape index (κ2) is 5.02. The zero-order chi connectivity index (χ0) is 9.84. The molecule has 0 aromatic heterocycles. The molecule has 0 bridgehead atoms. The highest BCUT2D eigenvalue weighted by molar-refractivity contribution is 14.1. The molecule has 0 aliphatic rings. The molecular formula is C9H10ClIO2. The molecule has 1 rings (SSSR count). The van der Waals surface area contributed by atoms with Gasteiger partial charge in [-0.1, -0.05) is 17.7 Å². The lowest BCUT2D eigenvalue weighted by Gasteiger charge is -2.14. The lowest BCUT2D eigenvalue weighted by Crippen LogP contribution is -2.14. The number of methoxy groups -OCH3 is 1. The van der Waals surface area contributed by atoms with Gasteiger partial charge in [0.2, 0.25) is 0 Å². The Morgan fingerprint density at radius 2 is 2.15 bits per heavy atom. The Bertz CT molecular complexity index is 291. The quantitative estimate of drug-likeness (QED) is 0.630. The molecule has 4 heteroatoms. The molecule has 0 spiro atoms. The molecule has 1 aromatic carbocycles. The highest BCUT2D eigenvalue weighted by Crippen LogP contribution is 2.28.